The van der Waals surface area contributed by atoms with Gasteiger partial charge in [-0.25, -0.2) is 8.78 Å². The summed E-state index contributed by atoms with van der Waals surface area (Å²) in [5.41, 5.74) is 1.59. The molecule has 0 atom stereocenters. The molecule has 2 N–H and O–H groups in total. The van der Waals surface area contributed by atoms with Crippen LogP contribution < -0.4 is 5.32 Å². The minimum atomic E-state index is -0.904. The lowest BCUT2D eigenvalue weighted by Gasteiger charge is -2.34. The van der Waals surface area contributed by atoms with Gasteiger partial charge in [-0.3, -0.25) is 9.89 Å². The molecular formula is C22H24F2N4O. The monoisotopic (exact) mass is 398 g/mol. The molecule has 0 aliphatic carbocycles. The highest BCUT2D eigenvalue weighted by Crippen LogP contribution is 2.28. The van der Waals surface area contributed by atoms with Gasteiger partial charge in [0.2, 0.25) is 0 Å². The fraction of sp³-hybridized carbons (Fsp3) is 0.364. The standard InChI is InChI=1S/C22H24F2N4O/c1-13(2)28-10-8-15(9-11-28)25-22(29)21-17-12-14(6-7-19(17)26-27-21)16-4-3-5-18(23)20(16)24/h3-7,12-13,15H,8-11H2,1-2H3,(H,25,29)(H,26,27). The lowest BCUT2D eigenvalue weighted by Crippen LogP contribution is -2.46. The Labute approximate surface area is 168 Å². The summed E-state index contributed by atoms with van der Waals surface area (Å²) in [6.07, 6.45) is 1.79. The lowest BCUT2D eigenvalue weighted by molar-refractivity contribution is 0.0897. The Bertz CT molecular complexity index is 1040. The van der Waals surface area contributed by atoms with Gasteiger partial charge in [0.25, 0.3) is 5.91 Å². The maximum absolute atomic E-state index is 14.2. The first-order chi connectivity index (χ1) is 13.9. The minimum Gasteiger partial charge on any atom is -0.348 e. The molecule has 7 heteroatoms. The normalized spacial score (nSPS) is 15.9. The number of hydrogen-bond acceptors (Lipinski definition) is 3. The molecule has 5 nitrogen and oxygen atoms in total. The smallest absolute Gasteiger partial charge is 0.272 e. The molecular weight excluding hydrogens is 374 g/mol. The van der Waals surface area contributed by atoms with E-state index in [0.717, 1.165) is 32.0 Å². The van der Waals surface area contributed by atoms with Crippen molar-refractivity contribution in [3.05, 3.63) is 53.7 Å². The Kier molecular flexibility index (Phi) is 5.32. The van der Waals surface area contributed by atoms with Crippen molar-refractivity contribution in [1.29, 1.82) is 0 Å². The fourth-order valence-electron chi connectivity index (χ4n) is 3.90. The summed E-state index contributed by atoms with van der Waals surface area (Å²) in [6, 6.07) is 9.75. The summed E-state index contributed by atoms with van der Waals surface area (Å²) in [6.45, 7) is 6.25. The molecule has 1 fully saturated rings. The molecule has 0 saturated carbocycles. The van der Waals surface area contributed by atoms with Crippen LogP contribution in [0.4, 0.5) is 8.78 Å². The van der Waals surface area contributed by atoms with Gasteiger partial charge in [0.15, 0.2) is 17.3 Å². The number of aromatic amines is 1. The molecule has 1 saturated heterocycles. The molecule has 4 rings (SSSR count). The number of carbonyl (C=O) groups excluding carboxylic acids is 1. The van der Waals surface area contributed by atoms with E-state index >= 15 is 0 Å². The highest BCUT2D eigenvalue weighted by atomic mass is 19.2. The van der Waals surface area contributed by atoms with E-state index in [9.17, 15) is 13.6 Å². The average Bonchev–Trinajstić information content (AvgIpc) is 3.14. The predicted octanol–water partition coefficient (Wildman–Crippen LogP) is 4.11. The second kappa shape index (κ2) is 7.91. The first-order valence-corrected chi connectivity index (χ1v) is 9.91. The molecule has 1 aliphatic rings. The van der Waals surface area contributed by atoms with Crippen LogP contribution in [0, 0.1) is 11.6 Å². The van der Waals surface area contributed by atoms with Crippen LogP contribution >= 0.6 is 0 Å². The van der Waals surface area contributed by atoms with Gasteiger partial charge in [0, 0.05) is 36.1 Å². The zero-order chi connectivity index (χ0) is 20.5. The molecule has 0 unspecified atom stereocenters. The second-order valence-corrected chi connectivity index (χ2v) is 7.81. The second-order valence-electron chi connectivity index (χ2n) is 7.81. The summed E-state index contributed by atoms with van der Waals surface area (Å²) < 4.78 is 27.8. The number of likely N-dealkylation sites (tertiary alicyclic amines) is 1. The zero-order valence-electron chi connectivity index (χ0n) is 16.5. The Balaban J connectivity index is 1.57. The largest absolute Gasteiger partial charge is 0.348 e. The fourth-order valence-corrected chi connectivity index (χ4v) is 3.90. The van der Waals surface area contributed by atoms with Crippen LogP contribution in [-0.4, -0.2) is 46.2 Å². The third-order valence-electron chi connectivity index (χ3n) is 5.64. The minimum absolute atomic E-state index is 0.105. The van der Waals surface area contributed by atoms with Crippen molar-refractivity contribution < 1.29 is 13.6 Å². The Hall–Kier alpha value is -2.80. The highest BCUT2D eigenvalue weighted by molar-refractivity contribution is 6.05. The Morgan fingerprint density at radius 3 is 2.69 bits per heavy atom. The van der Waals surface area contributed by atoms with E-state index in [1.54, 1.807) is 18.2 Å². The third-order valence-corrected chi connectivity index (χ3v) is 5.64. The van der Waals surface area contributed by atoms with Gasteiger partial charge < -0.3 is 10.2 Å². The maximum atomic E-state index is 14.2. The summed E-state index contributed by atoms with van der Waals surface area (Å²) >= 11 is 0. The number of piperidine rings is 1. The number of carbonyl (C=O) groups is 1. The number of benzene rings is 2. The number of nitrogens with one attached hydrogen (secondary N) is 2. The van der Waals surface area contributed by atoms with Crippen molar-refractivity contribution in [1.82, 2.24) is 20.4 Å². The molecule has 0 radical (unpaired) electrons. The van der Waals surface area contributed by atoms with Gasteiger partial charge in [-0.2, -0.15) is 5.10 Å². The number of rotatable bonds is 4. The molecule has 3 aromatic rings. The first-order valence-electron chi connectivity index (χ1n) is 9.91. The van der Waals surface area contributed by atoms with Crippen LogP contribution in [0.15, 0.2) is 36.4 Å². The molecule has 2 heterocycles. The molecule has 1 aromatic heterocycles. The van der Waals surface area contributed by atoms with Gasteiger partial charge >= 0.3 is 0 Å². The van der Waals surface area contributed by atoms with E-state index in [4.69, 9.17) is 0 Å². The molecule has 2 aromatic carbocycles. The topological polar surface area (TPSA) is 61.0 Å². The highest BCUT2D eigenvalue weighted by Gasteiger charge is 2.24. The van der Waals surface area contributed by atoms with Crippen LogP contribution in [-0.2, 0) is 0 Å². The van der Waals surface area contributed by atoms with E-state index in [2.05, 4.69) is 34.3 Å². The quantitative estimate of drug-likeness (QED) is 0.695. The molecule has 1 amide bonds. The van der Waals surface area contributed by atoms with Crippen LogP contribution in [0.3, 0.4) is 0 Å². The Morgan fingerprint density at radius 1 is 1.21 bits per heavy atom. The van der Waals surface area contributed by atoms with Crippen molar-refractivity contribution in [2.24, 2.45) is 0 Å². The summed E-state index contributed by atoms with van der Waals surface area (Å²) in [5, 5.41) is 10.7. The van der Waals surface area contributed by atoms with E-state index in [0.29, 0.717) is 22.5 Å². The van der Waals surface area contributed by atoms with Gasteiger partial charge in [-0.1, -0.05) is 18.2 Å². The maximum Gasteiger partial charge on any atom is 0.272 e. The molecule has 1 aliphatic heterocycles. The van der Waals surface area contributed by atoms with Crippen molar-refractivity contribution in [3.8, 4) is 11.1 Å². The molecule has 152 valence electrons. The predicted molar refractivity (Wildman–Crippen MR) is 109 cm³/mol. The molecule has 0 bridgehead atoms. The summed E-state index contributed by atoms with van der Waals surface area (Å²) in [5.74, 6) is -2.06. The summed E-state index contributed by atoms with van der Waals surface area (Å²) in [4.78, 5) is 15.2. The van der Waals surface area contributed by atoms with Crippen LogP contribution in [0.1, 0.15) is 37.2 Å². The van der Waals surface area contributed by atoms with Crippen LogP contribution in [0.25, 0.3) is 22.0 Å². The van der Waals surface area contributed by atoms with Gasteiger partial charge in [0.1, 0.15) is 0 Å². The Morgan fingerprint density at radius 2 is 1.97 bits per heavy atom. The van der Waals surface area contributed by atoms with Crippen molar-refractivity contribution in [3.63, 3.8) is 0 Å². The summed E-state index contributed by atoms with van der Waals surface area (Å²) in [7, 11) is 0. The van der Waals surface area contributed by atoms with E-state index in [1.165, 1.54) is 12.1 Å². The van der Waals surface area contributed by atoms with Gasteiger partial charge in [-0.15, -0.1) is 0 Å². The number of hydrogen-bond donors (Lipinski definition) is 2. The molecule has 29 heavy (non-hydrogen) atoms. The van der Waals surface area contributed by atoms with Gasteiger partial charge in [0.05, 0.1) is 5.52 Å². The number of H-pyrrole nitrogens is 1. The van der Waals surface area contributed by atoms with E-state index in [-0.39, 0.29) is 23.2 Å². The molecule has 0 spiro atoms. The number of halogens is 2. The first kappa shape index (κ1) is 19.5. The van der Waals surface area contributed by atoms with Gasteiger partial charge in [-0.05, 0) is 50.5 Å². The van der Waals surface area contributed by atoms with Crippen molar-refractivity contribution in [2.45, 2.75) is 38.8 Å². The zero-order valence-corrected chi connectivity index (χ0v) is 16.5. The SMILES string of the molecule is CC(C)N1CCC(NC(=O)c2n[nH]c3ccc(-c4cccc(F)c4F)cc23)CC1. The van der Waals surface area contributed by atoms with E-state index in [1.807, 2.05) is 0 Å². The van der Waals surface area contributed by atoms with Crippen LogP contribution in [0.2, 0.25) is 0 Å². The lowest BCUT2D eigenvalue weighted by atomic mass is 10.0. The van der Waals surface area contributed by atoms with Crippen molar-refractivity contribution >= 4 is 16.8 Å². The number of amides is 1. The van der Waals surface area contributed by atoms with Crippen LogP contribution in [0.5, 0.6) is 0 Å². The average molecular weight is 398 g/mol. The number of fused-ring (bicyclic) bond motifs is 1. The third kappa shape index (κ3) is 3.87. The van der Waals surface area contributed by atoms with E-state index < -0.39 is 11.6 Å². The number of nitrogens with zero attached hydrogens (tertiary/aromatic N) is 2. The number of aromatic nitrogens is 2. The van der Waals surface area contributed by atoms with Crippen molar-refractivity contribution in [2.75, 3.05) is 13.1 Å².